The first-order valence-electron chi connectivity index (χ1n) is 5.57. The van der Waals surface area contributed by atoms with E-state index in [4.69, 9.17) is 4.98 Å². The van der Waals surface area contributed by atoms with Gasteiger partial charge in [0.25, 0.3) is 0 Å². The van der Waals surface area contributed by atoms with E-state index in [1.807, 2.05) is 6.20 Å². The molecule has 2 nitrogen and oxygen atoms in total. The van der Waals surface area contributed by atoms with Gasteiger partial charge in [0.1, 0.15) is 5.82 Å². The zero-order valence-corrected chi connectivity index (χ0v) is 9.75. The Labute approximate surface area is 91.5 Å². The van der Waals surface area contributed by atoms with Crippen LogP contribution in [0.5, 0.6) is 0 Å². The van der Waals surface area contributed by atoms with Crippen LogP contribution in [0.25, 0.3) is 0 Å². The van der Waals surface area contributed by atoms with Gasteiger partial charge >= 0.3 is 0 Å². The van der Waals surface area contributed by atoms with Gasteiger partial charge in [-0.3, -0.25) is 0 Å². The molecule has 0 radical (unpaired) electrons. The molecule has 0 bridgehead atoms. The molecule has 80 valence electrons. The number of allylic oxidation sites excluding steroid dienone is 2. The second-order valence-electron chi connectivity index (χ2n) is 5.13. The summed E-state index contributed by atoms with van der Waals surface area (Å²) < 4.78 is 0. The normalized spacial score (nSPS) is 15.9. The van der Waals surface area contributed by atoms with Crippen LogP contribution in [0.1, 0.15) is 44.3 Å². The smallest absolute Gasteiger partial charge is 0.133 e. The molecule has 0 aromatic carbocycles. The van der Waals surface area contributed by atoms with Crippen molar-refractivity contribution in [3.63, 3.8) is 0 Å². The lowest BCUT2D eigenvalue weighted by Gasteiger charge is -2.18. The van der Waals surface area contributed by atoms with Gasteiger partial charge in [0, 0.05) is 17.3 Å². The Morgan fingerprint density at radius 2 is 2.00 bits per heavy atom. The molecule has 0 amide bonds. The van der Waals surface area contributed by atoms with E-state index in [0.29, 0.717) is 0 Å². The molecule has 15 heavy (non-hydrogen) atoms. The van der Waals surface area contributed by atoms with Gasteiger partial charge in [-0.25, -0.2) is 9.97 Å². The van der Waals surface area contributed by atoms with Crippen molar-refractivity contribution in [3.8, 4) is 0 Å². The Morgan fingerprint density at radius 3 is 2.73 bits per heavy atom. The number of aromatic nitrogens is 2. The van der Waals surface area contributed by atoms with Crippen molar-refractivity contribution < 1.29 is 0 Å². The van der Waals surface area contributed by atoms with Crippen LogP contribution in [-0.4, -0.2) is 9.97 Å². The Hall–Kier alpha value is -1.18. The lowest BCUT2D eigenvalue weighted by atomic mass is 9.95. The lowest BCUT2D eigenvalue weighted by Crippen LogP contribution is -2.17. The maximum atomic E-state index is 4.69. The van der Waals surface area contributed by atoms with Gasteiger partial charge in [-0.1, -0.05) is 32.9 Å². The highest BCUT2D eigenvalue weighted by Crippen LogP contribution is 2.21. The average molecular weight is 202 g/mol. The van der Waals surface area contributed by atoms with Crippen LogP contribution in [0.2, 0.25) is 0 Å². The standard InChI is InChI=1S/C13H18N2/c1-13(2,3)12-14-9-10-7-5-4-6-8-11(10)15-12/h4-5,9H,6-8H2,1-3H3. The number of aryl methyl sites for hydroxylation is 1. The molecule has 0 saturated carbocycles. The van der Waals surface area contributed by atoms with E-state index in [-0.39, 0.29) is 5.41 Å². The van der Waals surface area contributed by atoms with Gasteiger partial charge in [0.05, 0.1) is 0 Å². The number of rotatable bonds is 0. The summed E-state index contributed by atoms with van der Waals surface area (Å²) in [6, 6.07) is 0. The van der Waals surface area contributed by atoms with E-state index in [1.165, 1.54) is 11.3 Å². The summed E-state index contributed by atoms with van der Waals surface area (Å²) in [5.41, 5.74) is 2.58. The van der Waals surface area contributed by atoms with Crippen molar-refractivity contribution in [1.29, 1.82) is 0 Å². The molecule has 0 atom stereocenters. The highest BCUT2D eigenvalue weighted by molar-refractivity contribution is 5.24. The molecule has 0 spiro atoms. The zero-order chi connectivity index (χ0) is 10.9. The van der Waals surface area contributed by atoms with E-state index in [9.17, 15) is 0 Å². The van der Waals surface area contributed by atoms with Crippen molar-refractivity contribution in [2.24, 2.45) is 0 Å². The molecule has 0 aliphatic heterocycles. The van der Waals surface area contributed by atoms with Crippen molar-refractivity contribution >= 4 is 0 Å². The van der Waals surface area contributed by atoms with Crippen LogP contribution >= 0.6 is 0 Å². The third-order valence-corrected chi connectivity index (χ3v) is 2.68. The lowest BCUT2D eigenvalue weighted by molar-refractivity contribution is 0.540. The minimum Gasteiger partial charge on any atom is -0.240 e. The first-order chi connectivity index (χ1) is 7.07. The molecule has 2 heteroatoms. The summed E-state index contributed by atoms with van der Waals surface area (Å²) in [6.07, 6.45) is 9.59. The SMILES string of the molecule is CC(C)(C)c1ncc2c(n1)CCC=CC2. The summed E-state index contributed by atoms with van der Waals surface area (Å²) in [5.74, 6) is 0.961. The predicted octanol–water partition coefficient (Wildman–Crippen LogP) is 2.82. The van der Waals surface area contributed by atoms with E-state index >= 15 is 0 Å². The van der Waals surface area contributed by atoms with Gasteiger partial charge < -0.3 is 0 Å². The summed E-state index contributed by atoms with van der Waals surface area (Å²) in [6.45, 7) is 6.47. The van der Waals surface area contributed by atoms with Gasteiger partial charge in [-0.15, -0.1) is 0 Å². The second-order valence-corrected chi connectivity index (χ2v) is 5.13. The molecular formula is C13H18N2. The van der Waals surface area contributed by atoms with Crippen LogP contribution in [0.15, 0.2) is 18.3 Å². The van der Waals surface area contributed by atoms with E-state index in [2.05, 4.69) is 37.9 Å². The molecule has 2 rings (SSSR count). The summed E-state index contributed by atoms with van der Waals surface area (Å²) in [5, 5.41) is 0. The first kappa shape index (κ1) is 10.3. The van der Waals surface area contributed by atoms with Gasteiger partial charge in [-0.05, 0) is 24.8 Å². The third-order valence-electron chi connectivity index (χ3n) is 2.68. The minimum atomic E-state index is 0.0504. The maximum absolute atomic E-state index is 4.69. The monoisotopic (exact) mass is 202 g/mol. The molecule has 1 aromatic heterocycles. The van der Waals surface area contributed by atoms with Crippen molar-refractivity contribution in [2.75, 3.05) is 0 Å². The van der Waals surface area contributed by atoms with Gasteiger partial charge in [0.15, 0.2) is 0 Å². The zero-order valence-electron chi connectivity index (χ0n) is 9.75. The highest BCUT2D eigenvalue weighted by atomic mass is 14.9. The number of nitrogens with zero attached hydrogens (tertiary/aromatic N) is 2. The van der Waals surface area contributed by atoms with Crippen molar-refractivity contribution in [2.45, 2.75) is 45.4 Å². The molecule has 0 saturated heterocycles. The van der Waals surface area contributed by atoms with E-state index in [0.717, 1.165) is 25.1 Å². The molecule has 1 heterocycles. The molecular weight excluding hydrogens is 184 g/mol. The maximum Gasteiger partial charge on any atom is 0.133 e. The summed E-state index contributed by atoms with van der Waals surface area (Å²) >= 11 is 0. The Balaban J connectivity index is 2.39. The van der Waals surface area contributed by atoms with Gasteiger partial charge in [0.2, 0.25) is 0 Å². The second kappa shape index (κ2) is 3.76. The topological polar surface area (TPSA) is 25.8 Å². The van der Waals surface area contributed by atoms with Crippen LogP contribution < -0.4 is 0 Å². The molecule has 0 fully saturated rings. The largest absolute Gasteiger partial charge is 0.240 e. The quantitative estimate of drug-likeness (QED) is 0.604. The molecule has 1 aromatic rings. The fraction of sp³-hybridized carbons (Fsp3) is 0.538. The first-order valence-corrected chi connectivity index (χ1v) is 5.57. The highest BCUT2D eigenvalue weighted by Gasteiger charge is 2.19. The van der Waals surface area contributed by atoms with E-state index < -0.39 is 0 Å². The van der Waals surface area contributed by atoms with E-state index in [1.54, 1.807) is 0 Å². The Bertz CT molecular complexity index is 386. The Kier molecular flexibility index (Phi) is 2.59. The summed E-state index contributed by atoms with van der Waals surface area (Å²) in [4.78, 5) is 9.15. The van der Waals surface area contributed by atoms with Crippen LogP contribution in [0.3, 0.4) is 0 Å². The average Bonchev–Trinajstić information content (AvgIpc) is 2.39. The number of hydrogen-bond donors (Lipinski definition) is 0. The molecule has 0 unspecified atom stereocenters. The predicted molar refractivity (Wildman–Crippen MR) is 61.9 cm³/mol. The van der Waals surface area contributed by atoms with Crippen LogP contribution in [-0.2, 0) is 18.3 Å². The van der Waals surface area contributed by atoms with Crippen molar-refractivity contribution in [3.05, 3.63) is 35.4 Å². The molecule has 1 aliphatic carbocycles. The van der Waals surface area contributed by atoms with Gasteiger partial charge in [-0.2, -0.15) is 0 Å². The Morgan fingerprint density at radius 1 is 1.20 bits per heavy atom. The fourth-order valence-electron chi connectivity index (χ4n) is 1.74. The third kappa shape index (κ3) is 2.25. The number of fused-ring (bicyclic) bond motifs is 1. The number of hydrogen-bond acceptors (Lipinski definition) is 2. The minimum absolute atomic E-state index is 0.0504. The molecule has 1 aliphatic rings. The fourth-order valence-corrected chi connectivity index (χ4v) is 1.74. The van der Waals surface area contributed by atoms with Crippen molar-refractivity contribution in [1.82, 2.24) is 9.97 Å². The van der Waals surface area contributed by atoms with Crippen LogP contribution in [0, 0.1) is 0 Å². The van der Waals surface area contributed by atoms with Crippen LogP contribution in [0.4, 0.5) is 0 Å². The summed E-state index contributed by atoms with van der Waals surface area (Å²) in [7, 11) is 0. The molecule has 0 N–H and O–H groups in total.